The molecule has 0 heterocycles. The van der Waals surface area contributed by atoms with Gasteiger partial charge in [0, 0.05) is 12.7 Å². The molecule has 3 nitrogen and oxygen atoms in total. The van der Waals surface area contributed by atoms with Crippen LogP contribution in [0.1, 0.15) is 0 Å². The van der Waals surface area contributed by atoms with E-state index >= 15 is 0 Å². The third-order valence-corrected chi connectivity index (χ3v) is 4.26. The lowest BCUT2D eigenvalue weighted by molar-refractivity contribution is 0.254. The zero-order valence-corrected chi connectivity index (χ0v) is 10.7. The van der Waals surface area contributed by atoms with E-state index in [9.17, 15) is 4.79 Å². The monoisotopic (exact) mass is 222 g/mol. The van der Waals surface area contributed by atoms with E-state index in [1.54, 1.807) is 7.05 Å². The molecule has 0 aliphatic carbocycles. The van der Waals surface area contributed by atoms with E-state index < -0.39 is 8.07 Å². The van der Waals surface area contributed by atoms with Gasteiger partial charge in [-0.05, 0) is 11.3 Å². The minimum atomic E-state index is -1.40. The quantitative estimate of drug-likeness (QED) is 0.738. The average molecular weight is 222 g/mol. The third kappa shape index (κ3) is 3.09. The van der Waals surface area contributed by atoms with Gasteiger partial charge in [0.25, 0.3) is 0 Å². The van der Waals surface area contributed by atoms with Gasteiger partial charge in [-0.1, -0.05) is 37.8 Å². The Morgan fingerprint density at radius 2 is 1.80 bits per heavy atom. The summed E-state index contributed by atoms with van der Waals surface area (Å²) >= 11 is 0. The minimum absolute atomic E-state index is 0.166. The summed E-state index contributed by atoms with van der Waals surface area (Å²) in [7, 11) is 0.218. The molecule has 1 aromatic rings. The number of hydrogen-bond acceptors (Lipinski definition) is 1. The summed E-state index contributed by atoms with van der Waals surface area (Å²) in [5, 5.41) is 6.68. The van der Waals surface area contributed by atoms with Crippen LogP contribution in [0, 0.1) is 0 Å². The maximum absolute atomic E-state index is 11.3. The van der Waals surface area contributed by atoms with Crippen molar-refractivity contribution in [2.75, 3.05) is 12.4 Å². The molecule has 1 rings (SSSR count). The molecule has 0 saturated heterocycles. The van der Waals surface area contributed by atoms with Crippen LogP contribution in [0.25, 0.3) is 0 Å². The lowest BCUT2D eigenvalue weighted by Crippen LogP contribution is -2.40. The number of para-hydroxylation sites is 1. The fraction of sp³-hybridized carbons (Fsp3) is 0.364. The van der Waals surface area contributed by atoms with Crippen LogP contribution in [0.3, 0.4) is 0 Å². The fourth-order valence-electron chi connectivity index (χ4n) is 1.43. The van der Waals surface area contributed by atoms with E-state index in [0.29, 0.717) is 0 Å². The van der Waals surface area contributed by atoms with Crippen LogP contribution in [-0.4, -0.2) is 21.2 Å². The first-order chi connectivity index (χ1) is 6.95. The molecular weight excluding hydrogens is 204 g/mol. The number of hydrogen-bond donors (Lipinski definition) is 2. The lowest BCUT2D eigenvalue weighted by Gasteiger charge is -2.20. The van der Waals surface area contributed by atoms with Gasteiger partial charge < -0.3 is 10.6 Å². The summed E-state index contributed by atoms with van der Waals surface area (Å²) in [6, 6.07) is 7.83. The molecule has 0 spiro atoms. The molecule has 0 fully saturated rings. The first kappa shape index (κ1) is 11.8. The second-order valence-electron chi connectivity index (χ2n) is 4.50. The molecule has 0 radical (unpaired) electrons. The van der Waals surface area contributed by atoms with Gasteiger partial charge in [0.1, 0.15) is 0 Å². The lowest BCUT2D eigenvalue weighted by atomic mass is 10.3. The third-order valence-electron chi connectivity index (χ3n) is 2.21. The molecule has 82 valence electrons. The number of urea groups is 1. The van der Waals surface area contributed by atoms with Crippen LogP contribution >= 0.6 is 0 Å². The highest BCUT2D eigenvalue weighted by atomic mass is 28.3. The summed E-state index contributed by atoms with van der Waals surface area (Å²) in [5.41, 5.74) is 0.927. The topological polar surface area (TPSA) is 41.1 Å². The molecule has 0 saturated carbocycles. The first-order valence-electron chi connectivity index (χ1n) is 5.03. The van der Waals surface area contributed by atoms with Crippen molar-refractivity contribution < 1.29 is 4.79 Å². The molecule has 0 bridgehead atoms. The molecule has 1 aromatic carbocycles. The Morgan fingerprint density at radius 3 is 2.33 bits per heavy atom. The molecule has 4 heteroatoms. The number of anilines is 1. The maximum atomic E-state index is 11.3. The van der Waals surface area contributed by atoms with Crippen LogP contribution in [0.2, 0.25) is 19.6 Å². The van der Waals surface area contributed by atoms with Gasteiger partial charge in [0.05, 0.1) is 8.07 Å². The number of rotatable bonds is 2. The van der Waals surface area contributed by atoms with Crippen LogP contribution < -0.4 is 15.8 Å². The van der Waals surface area contributed by atoms with Crippen LogP contribution in [-0.2, 0) is 0 Å². The molecule has 0 aliphatic rings. The Bertz CT molecular complexity index is 358. The average Bonchev–Trinajstić information content (AvgIpc) is 2.17. The van der Waals surface area contributed by atoms with Gasteiger partial charge in [-0.3, -0.25) is 0 Å². The van der Waals surface area contributed by atoms with E-state index in [0.717, 1.165) is 5.69 Å². The largest absolute Gasteiger partial charge is 0.341 e. The summed E-state index contributed by atoms with van der Waals surface area (Å²) in [6.45, 7) is 6.78. The van der Waals surface area contributed by atoms with Crippen molar-refractivity contribution in [1.82, 2.24) is 5.32 Å². The highest BCUT2D eigenvalue weighted by Gasteiger charge is 2.20. The summed E-state index contributed by atoms with van der Waals surface area (Å²) in [6.07, 6.45) is 0. The van der Waals surface area contributed by atoms with Crippen molar-refractivity contribution in [2.45, 2.75) is 19.6 Å². The normalized spacial score (nSPS) is 10.9. The van der Waals surface area contributed by atoms with Gasteiger partial charge in [-0.2, -0.15) is 0 Å². The molecule has 2 N–H and O–H groups in total. The van der Waals surface area contributed by atoms with Crippen molar-refractivity contribution >= 4 is 25.0 Å². The zero-order valence-electron chi connectivity index (χ0n) is 9.72. The Balaban J connectivity index is 3.02. The van der Waals surface area contributed by atoms with E-state index in [-0.39, 0.29) is 6.03 Å². The van der Waals surface area contributed by atoms with Crippen LogP contribution in [0.15, 0.2) is 24.3 Å². The number of nitrogens with one attached hydrogen (secondary N) is 2. The van der Waals surface area contributed by atoms with E-state index in [2.05, 4.69) is 36.3 Å². The Hall–Kier alpha value is -1.29. The molecule has 0 aromatic heterocycles. The highest BCUT2D eigenvalue weighted by molar-refractivity contribution is 6.89. The Morgan fingerprint density at radius 1 is 1.20 bits per heavy atom. The van der Waals surface area contributed by atoms with Crippen molar-refractivity contribution in [2.24, 2.45) is 0 Å². The smallest absolute Gasteiger partial charge is 0.318 e. The fourth-order valence-corrected chi connectivity index (χ4v) is 2.98. The second-order valence-corrected chi connectivity index (χ2v) is 9.54. The van der Waals surface area contributed by atoms with E-state index in [4.69, 9.17) is 0 Å². The predicted octanol–water partition coefficient (Wildman–Crippen LogP) is 1.98. The zero-order chi connectivity index (χ0) is 11.5. The standard InChI is InChI=1S/C11H18N2OSi/c1-12-11(14)13-9-7-5-6-8-10(9)15(2,3)4/h5-8H,1-4H3,(H2,12,13,14). The minimum Gasteiger partial charge on any atom is -0.341 e. The van der Waals surface area contributed by atoms with Crippen LogP contribution in [0.4, 0.5) is 10.5 Å². The van der Waals surface area contributed by atoms with E-state index in [1.807, 2.05) is 18.2 Å². The maximum Gasteiger partial charge on any atom is 0.318 e. The summed E-state index contributed by atoms with van der Waals surface area (Å²) in [4.78, 5) is 11.3. The predicted molar refractivity (Wildman–Crippen MR) is 67.5 cm³/mol. The second kappa shape index (κ2) is 4.48. The Labute approximate surface area is 91.9 Å². The molecule has 0 atom stereocenters. The molecule has 0 aliphatic heterocycles. The molecule has 15 heavy (non-hydrogen) atoms. The van der Waals surface area contributed by atoms with Crippen molar-refractivity contribution in [3.8, 4) is 0 Å². The number of carbonyl (C=O) groups is 1. The van der Waals surface area contributed by atoms with Gasteiger partial charge in [-0.15, -0.1) is 0 Å². The molecule has 2 amide bonds. The number of carbonyl (C=O) groups excluding carboxylic acids is 1. The first-order valence-corrected chi connectivity index (χ1v) is 8.53. The summed E-state index contributed by atoms with van der Waals surface area (Å²) < 4.78 is 0. The van der Waals surface area contributed by atoms with Crippen LogP contribution in [0.5, 0.6) is 0 Å². The van der Waals surface area contributed by atoms with Gasteiger partial charge in [0.15, 0.2) is 0 Å². The van der Waals surface area contributed by atoms with Gasteiger partial charge in [0.2, 0.25) is 0 Å². The number of amides is 2. The van der Waals surface area contributed by atoms with Gasteiger partial charge in [-0.25, -0.2) is 4.79 Å². The SMILES string of the molecule is CNC(=O)Nc1ccccc1[Si](C)(C)C. The van der Waals surface area contributed by atoms with Gasteiger partial charge >= 0.3 is 6.03 Å². The van der Waals surface area contributed by atoms with Crippen molar-refractivity contribution in [3.05, 3.63) is 24.3 Å². The van der Waals surface area contributed by atoms with E-state index in [1.165, 1.54) is 5.19 Å². The highest BCUT2D eigenvalue weighted by Crippen LogP contribution is 2.11. The number of benzene rings is 1. The Kier molecular flexibility index (Phi) is 3.52. The summed E-state index contributed by atoms with van der Waals surface area (Å²) in [5.74, 6) is 0. The molecule has 0 unspecified atom stereocenters. The molecular formula is C11H18N2OSi. The van der Waals surface area contributed by atoms with Crippen molar-refractivity contribution in [3.63, 3.8) is 0 Å². The van der Waals surface area contributed by atoms with Crippen molar-refractivity contribution in [1.29, 1.82) is 0 Å².